The lowest BCUT2D eigenvalue weighted by atomic mass is 10.1. The van der Waals surface area contributed by atoms with Crippen LogP contribution in [0.4, 0.5) is 0 Å². The van der Waals surface area contributed by atoms with Gasteiger partial charge in [0.25, 0.3) is 0 Å². The molecule has 0 heterocycles. The van der Waals surface area contributed by atoms with Crippen LogP contribution in [0.1, 0.15) is 117 Å². The zero-order valence-corrected chi connectivity index (χ0v) is 20.2. The van der Waals surface area contributed by atoms with Crippen LogP contribution in [0.2, 0.25) is 0 Å². The van der Waals surface area contributed by atoms with Crippen molar-refractivity contribution in [3.63, 3.8) is 0 Å². The Morgan fingerprint density at radius 1 is 0.767 bits per heavy atom. The molecule has 30 heavy (non-hydrogen) atoms. The number of ether oxygens (including phenoxy) is 3. The standard InChI is InChI=1S/C25H50O5/c1-4-7-9-11-13-15-19-28-25(29-20-16-14-12-10-8-5-2)18-17-24(27)30-22-23(6-3)21-26/h23,25-26H,4-22H2,1-3H3. The van der Waals surface area contributed by atoms with Crippen molar-refractivity contribution < 1.29 is 24.1 Å². The van der Waals surface area contributed by atoms with Gasteiger partial charge in [-0.15, -0.1) is 0 Å². The summed E-state index contributed by atoms with van der Waals surface area (Å²) in [6, 6.07) is 0. The predicted octanol–water partition coefficient (Wildman–Crippen LogP) is 6.41. The first kappa shape index (κ1) is 29.4. The summed E-state index contributed by atoms with van der Waals surface area (Å²) >= 11 is 0. The van der Waals surface area contributed by atoms with Crippen LogP contribution in [0.3, 0.4) is 0 Å². The second kappa shape index (κ2) is 23.0. The first-order valence-electron chi connectivity index (χ1n) is 12.7. The molecule has 0 amide bonds. The van der Waals surface area contributed by atoms with Crippen molar-refractivity contribution in [1.29, 1.82) is 0 Å². The maximum atomic E-state index is 12.0. The van der Waals surface area contributed by atoms with Gasteiger partial charge < -0.3 is 19.3 Å². The second-order valence-corrected chi connectivity index (χ2v) is 8.39. The highest BCUT2D eigenvalue weighted by molar-refractivity contribution is 5.69. The molecule has 1 unspecified atom stereocenters. The van der Waals surface area contributed by atoms with E-state index in [0.29, 0.717) is 26.1 Å². The van der Waals surface area contributed by atoms with Crippen LogP contribution in [0.15, 0.2) is 0 Å². The highest BCUT2D eigenvalue weighted by atomic mass is 16.7. The molecule has 0 saturated carbocycles. The molecule has 5 nitrogen and oxygen atoms in total. The average molecular weight is 431 g/mol. The third-order valence-electron chi connectivity index (χ3n) is 5.50. The van der Waals surface area contributed by atoms with Crippen LogP contribution < -0.4 is 0 Å². The minimum Gasteiger partial charge on any atom is -0.465 e. The Labute approximate surface area is 186 Å². The van der Waals surface area contributed by atoms with Gasteiger partial charge in [0.2, 0.25) is 0 Å². The number of hydrogen-bond donors (Lipinski definition) is 1. The molecular weight excluding hydrogens is 380 g/mol. The largest absolute Gasteiger partial charge is 0.465 e. The monoisotopic (exact) mass is 430 g/mol. The molecule has 5 heteroatoms. The number of carbonyl (C=O) groups excluding carboxylic acids is 1. The van der Waals surface area contributed by atoms with E-state index in [4.69, 9.17) is 14.2 Å². The molecule has 0 aliphatic heterocycles. The van der Waals surface area contributed by atoms with Gasteiger partial charge in [-0.05, 0) is 19.3 Å². The van der Waals surface area contributed by atoms with Gasteiger partial charge in [0.15, 0.2) is 6.29 Å². The third-order valence-corrected chi connectivity index (χ3v) is 5.50. The molecule has 0 aliphatic rings. The van der Waals surface area contributed by atoms with Gasteiger partial charge in [-0.3, -0.25) is 4.79 Å². The minimum absolute atomic E-state index is 0.0256. The molecule has 1 atom stereocenters. The number of carbonyl (C=O) groups is 1. The summed E-state index contributed by atoms with van der Waals surface area (Å²) in [6.45, 7) is 8.15. The minimum atomic E-state index is -0.330. The summed E-state index contributed by atoms with van der Waals surface area (Å²) in [5.41, 5.74) is 0. The van der Waals surface area contributed by atoms with E-state index in [1.807, 2.05) is 6.92 Å². The van der Waals surface area contributed by atoms with E-state index >= 15 is 0 Å². The topological polar surface area (TPSA) is 65.0 Å². The SMILES string of the molecule is CCCCCCCCOC(CCC(=O)OCC(CC)CO)OCCCCCCCC. The van der Waals surface area contributed by atoms with Crippen molar-refractivity contribution in [1.82, 2.24) is 0 Å². The average Bonchev–Trinajstić information content (AvgIpc) is 2.76. The van der Waals surface area contributed by atoms with Gasteiger partial charge in [0.05, 0.1) is 13.0 Å². The van der Waals surface area contributed by atoms with Crippen molar-refractivity contribution >= 4 is 5.97 Å². The Hall–Kier alpha value is -0.650. The maximum Gasteiger partial charge on any atom is 0.305 e. The van der Waals surface area contributed by atoms with E-state index in [2.05, 4.69) is 13.8 Å². The zero-order chi connectivity index (χ0) is 22.3. The summed E-state index contributed by atoms with van der Waals surface area (Å²) in [5, 5.41) is 9.20. The molecule has 0 aromatic heterocycles. The number of aliphatic hydroxyl groups is 1. The van der Waals surface area contributed by atoms with Gasteiger partial charge >= 0.3 is 5.97 Å². The number of esters is 1. The predicted molar refractivity (Wildman–Crippen MR) is 124 cm³/mol. The lowest BCUT2D eigenvalue weighted by Gasteiger charge is -2.19. The molecule has 180 valence electrons. The summed E-state index contributed by atoms with van der Waals surface area (Å²) < 4.78 is 17.2. The number of hydrogen-bond acceptors (Lipinski definition) is 5. The van der Waals surface area contributed by atoms with Crippen LogP contribution in [0.5, 0.6) is 0 Å². The Kier molecular flexibility index (Phi) is 22.5. The van der Waals surface area contributed by atoms with Crippen LogP contribution >= 0.6 is 0 Å². The van der Waals surface area contributed by atoms with Gasteiger partial charge in [-0.1, -0.05) is 85.0 Å². The van der Waals surface area contributed by atoms with Crippen molar-refractivity contribution in [2.45, 2.75) is 123 Å². The summed E-state index contributed by atoms with van der Waals surface area (Å²) in [6.07, 6.45) is 16.0. The molecule has 0 aromatic carbocycles. The fraction of sp³-hybridized carbons (Fsp3) is 0.960. The summed E-state index contributed by atoms with van der Waals surface area (Å²) in [5.74, 6) is -0.212. The second-order valence-electron chi connectivity index (χ2n) is 8.39. The summed E-state index contributed by atoms with van der Waals surface area (Å²) in [4.78, 5) is 12.0. The van der Waals surface area contributed by atoms with Gasteiger partial charge in [0, 0.05) is 32.2 Å². The van der Waals surface area contributed by atoms with E-state index in [0.717, 1.165) is 19.3 Å². The number of aliphatic hydroxyl groups excluding tert-OH is 1. The van der Waals surface area contributed by atoms with Crippen LogP contribution in [-0.2, 0) is 19.0 Å². The van der Waals surface area contributed by atoms with E-state index in [9.17, 15) is 9.90 Å². The van der Waals surface area contributed by atoms with Crippen molar-refractivity contribution in [3.8, 4) is 0 Å². The smallest absolute Gasteiger partial charge is 0.305 e. The fourth-order valence-corrected chi connectivity index (χ4v) is 3.23. The molecule has 0 rings (SSSR count). The first-order chi connectivity index (χ1) is 14.7. The Bertz CT molecular complexity index is 339. The maximum absolute atomic E-state index is 12.0. The van der Waals surface area contributed by atoms with Gasteiger partial charge in [-0.25, -0.2) is 0 Å². The Balaban J connectivity index is 4.10. The van der Waals surface area contributed by atoms with Gasteiger partial charge in [-0.2, -0.15) is 0 Å². The molecule has 0 aliphatic carbocycles. The van der Waals surface area contributed by atoms with Crippen LogP contribution in [0, 0.1) is 5.92 Å². The van der Waals surface area contributed by atoms with Crippen LogP contribution in [0.25, 0.3) is 0 Å². The fourth-order valence-electron chi connectivity index (χ4n) is 3.23. The lowest BCUT2D eigenvalue weighted by Crippen LogP contribution is -2.22. The van der Waals surface area contributed by atoms with E-state index < -0.39 is 0 Å². The highest BCUT2D eigenvalue weighted by Crippen LogP contribution is 2.12. The van der Waals surface area contributed by atoms with Crippen molar-refractivity contribution in [2.75, 3.05) is 26.4 Å². The molecule has 1 N–H and O–H groups in total. The Morgan fingerprint density at radius 3 is 1.73 bits per heavy atom. The lowest BCUT2D eigenvalue weighted by molar-refractivity contribution is -0.160. The van der Waals surface area contributed by atoms with Crippen LogP contribution in [-0.4, -0.2) is 43.8 Å². The molecule has 0 spiro atoms. The third kappa shape index (κ3) is 19.3. The number of unbranched alkanes of at least 4 members (excludes halogenated alkanes) is 10. The first-order valence-corrected chi connectivity index (χ1v) is 12.7. The van der Waals surface area contributed by atoms with E-state index in [-0.39, 0.29) is 31.4 Å². The normalized spacial score (nSPS) is 12.4. The quantitative estimate of drug-likeness (QED) is 0.115. The van der Waals surface area contributed by atoms with Crippen molar-refractivity contribution in [2.24, 2.45) is 5.92 Å². The highest BCUT2D eigenvalue weighted by Gasteiger charge is 2.15. The molecule has 0 radical (unpaired) electrons. The number of rotatable bonds is 23. The van der Waals surface area contributed by atoms with E-state index in [1.54, 1.807) is 0 Å². The summed E-state index contributed by atoms with van der Waals surface area (Å²) in [7, 11) is 0. The van der Waals surface area contributed by atoms with E-state index in [1.165, 1.54) is 64.2 Å². The Morgan fingerprint density at radius 2 is 1.27 bits per heavy atom. The molecule has 0 fully saturated rings. The molecular formula is C25H50O5. The van der Waals surface area contributed by atoms with Gasteiger partial charge in [0.1, 0.15) is 0 Å². The molecule has 0 aromatic rings. The van der Waals surface area contributed by atoms with Crippen molar-refractivity contribution in [3.05, 3.63) is 0 Å². The molecule has 0 bridgehead atoms. The zero-order valence-electron chi connectivity index (χ0n) is 20.2. The molecule has 0 saturated heterocycles.